The van der Waals surface area contributed by atoms with E-state index in [2.05, 4.69) is 34.1 Å². The van der Waals surface area contributed by atoms with Crippen molar-refractivity contribution >= 4 is 11.5 Å². The van der Waals surface area contributed by atoms with Gasteiger partial charge in [0.1, 0.15) is 11.6 Å². The summed E-state index contributed by atoms with van der Waals surface area (Å²) >= 11 is 0. The van der Waals surface area contributed by atoms with Crippen LogP contribution < -0.4 is 9.64 Å². The van der Waals surface area contributed by atoms with Crippen molar-refractivity contribution in [1.29, 1.82) is 0 Å². The number of aliphatic imine (C=N–C) groups is 1. The number of methoxy groups -OCH3 is 2. The molecule has 0 N–H and O–H groups in total. The Hall–Kier alpha value is -2.37. The number of benzene rings is 2. The Morgan fingerprint density at radius 1 is 1.00 bits per heavy atom. The minimum atomic E-state index is 0.681. The zero-order valence-corrected chi connectivity index (χ0v) is 14.2. The molecule has 0 atom stereocenters. The van der Waals surface area contributed by atoms with Gasteiger partial charge in [-0.1, -0.05) is 30.3 Å². The van der Waals surface area contributed by atoms with Crippen LogP contribution in [-0.2, 0) is 4.74 Å². The summed E-state index contributed by atoms with van der Waals surface area (Å²) in [5.41, 5.74) is 2.22. The summed E-state index contributed by atoms with van der Waals surface area (Å²) < 4.78 is 10.5. The van der Waals surface area contributed by atoms with E-state index in [1.165, 1.54) is 0 Å². The molecule has 0 aliphatic carbocycles. The molecule has 126 valence electrons. The van der Waals surface area contributed by atoms with Crippen LogP contribution in [0.15, 0.2) is 59.6 Å². The third kappa shape index (κ3) is 3.75. The molecular formula is C19H23N3O2. The lowest BCUT2D eigenvalue weighted by Gasteiger charge is -2.36. The van der Waals surface area contributed by atoms with Gasteiger partial charge >= 0.3 is 0 Å². The van der Waals surface area contributed by atoms with E-state index in [0.29, 0.717) is 13.3 Å². The number of amidine groups is 1. The van der Waals surface area contributed by atoms with E-state index < -0.39 is 0 Å². The lowest BCUT2D eigenvalue weighted by molar-refractivity contribution is 0.149. The quantitative estimate of drug-likeness (QED) is 0.818. The Morgan fingerprint density at radius 2 is 1.75 bits per heavy atom. The van der Waals surface area contributed by atoms with Gasteiger partial charge in [0.2, 0.25) is 0 Å². The molecule has 1 heterocycles. The molecule has 2 aromatic carbocycles. The van der Waals surface area contributed by atoms with Crippen LogP contribution in [0.1, 0.15) is 5.56 Å². The molecule has 0 spiro atoms. The van der Waals surface area contributed by atoms with Gasteiger partial charge in [-0.3, -0.25) is 9.89 Å². The fourth-order valence-electron chi connectivity index (χ4n) is 2.73. The maximum absolute atomic E-state index is 5.27. The molecule has 0 radical (unpaired) electrons. The van der Waals surface area contributed by atoms with E-state index in [0.717, 1.165) is 36.0 Å². The van der Waals surface area contributed by atoms with Crippen molar-refractivity contribution < 1.29 is 9.47 Å². The molecule has 0 amide bonds. The van der Waals surface area contributed by atoms with E-state index >= 15 is 0 Å². The smallest absolute Gasteiger partial charge is 0.137 e. The van der Waals surface area contributed by atoms with Crippen LogP contribution in [0.25, 0.3) is 0 Å². The van der Waals surface area contributed by atoms with E-state index in [-0.39, 0.29) is 0 Å². The number of hydrogen-bond acceptors (Lipinski definition) is 5. The van der Waals surface area contributed by atoms with E-state index in [1.807, 2.05) is 30.3 Å². The standard InChI is InChI=1S/C19H23N3O2/c1-23-13-12-21-14-20-19(16-6-4-3-5-7-16)22(15-21)17-8-10-18(24-2)11-9-17/h3-11H,12-15H2,1-2H3. The highest BCUT2D eigenvalue weighted by molar-refractivity contribution is 6.10. The first-order valence-electron chi connectivity index (χ1n) is 8.04. The van der Waals surface area contributed by atoms with Crippen molar-refractivity contribution in [3.8, 4) is 5.75 Å². The van der Waals surface area contributed by atoms with Crippen LogP contribution in [0.4, 0.5) is 5.69 Å². The molecule has 0 aromatic heterocycles. The zero-order chi connectivity index (χ0) is 16.8. The third-order valence-corrected chi connectivity index (χ3v) is 4.05. The Kier molecular flexibility index (Phi) is 5.46. The number of hydrogen-bond donors (Lipinski definition) is 0. The van der Waals surface area contributed by atoms with Gasteiger partial charge in [0, 0.05) is 24.9 Å². The summed E-state index contributed by atoms with van der Waals surface area (Å²) in [6.45, 7) is 3.02. The average Bonchev–Trinajstić information content (AvgIpc) is 2.67. The topological polar surface area (TPSA) is 37.3 Å². The molecule has 1 aliphatic rings. The van der Waals surface area contributed by atoms with Gasteiger partial charge in [0.05, 0.1) is 27.1 Å². The minimum Gasteiger partial charge on any atom is -0.497 e. The molecule has 2 aromatic rings. The predicted molar refractivity (Wildman–Crippen MR) is 96.8 cm³/mol. The van der Waals surface area contributed by atoms with E-state index in [4.69, 9.17) is 14.5 Å². The van der Waals surface area contributed by atoms with Crippen molar-refractivity contribution in [3.05, 3.63) is 60.2 Å². The first kappa shape index (κ1) is 16.5. The van der Waals surface area contributed by atoms with Crippen molar-refractivity contribution in [1.82, 2.24) is 4.90 Å². The van der Waals surface area contributed by atoms with Gasteiger partial charge in [-0.25, -0.2) is 0 Å². The Labute approximate surface area is 143 Å². The molecule has 0 fully saturated rings. The van der Waals surface area contributed by atoms with E-state index in [9.17, 15) is 0 Å². The second-order valence-corrected chi connectivity index (χ2v) is 5.64. The molecule has 0 unspecified atom stereocenters. The van der Waals surface area contributed by atoms with Crippen LogP contribution in [0.2, 0.25) is 0 Å². The fourth-order valence-corrected chi connectivity index (χ4v) is 2.73. The van der Waals surface area contributed by atoms with Gasteiger partial charge in [0.15, 0.2) is 0 Å². The second-order valence-electron chi connectivity index (χ2n) is 5.64. The number of rotatable bonds is 6. The summed E-state index contributed by atoms with van der Waals surface area (Å²) in [6, 6.07) is 18.4. The van der Waals surface area contributed by atoms with Gasteiger partial charge in [-0.15, -0.1) is 0 Å². The summed E-state index contributed by atoms with van der Waals surface area (Å²) in [7, 11) is 3.41. The van der Waals surface area contributed by atoms with Crippen LogP contribution in [0, 0.1) is 0 Å². The van der Waals surface area contributed by atoms with Gasteiger partial charge in [-0.05, 0) is 24.3 Å². The maximum Gasteiger partial charge on any atom is 0.137 e. The molecule has 0 bridgehead atoms. The van der Waals surface area contributed by atoms with Crippen molar-refractivity contribution in [3.63, 3.8) is 0 Å². The van der Waals surface area contributed by atoms with Crippen LogP contribution in [-0.4, -0.2) is 51.4 Å². The Bertz CT molecular complexity index is 671. The highest BCUT2D eigenvalue weighted by atomic mass is 16.5. The van der Waals surface area contributed by atoms with Crippen molar-refractivity contribution in [2.24, 2.45) is 4.99 Å². The Morgan fingerprint density at radius 3 is 2.42 bits per heavy atom. The normalized spacial score (nSPS) is 15.2. The first-order valence-corrected chi connectivity index (χ1v) is 8.04. The average molecular weight is 325 g/mol. The van der Waals surface area contributed by atoms with Crippen LogP contribution >= 0.6 is 0 Å². The number of ether oxygens (including phenoxy) is 2. The van der Waals surface area contributed by atoms with Gasteiger partial charge in [0.25, 0.3) is 0 Å². The highest BCUT2D eigenvalue weighted by Gasteiger charge is 2.23. The first-order chi connectivity index (χ1) is 11.8. The lowest BCUT2D eigenvalue weighted by Crippen LogP contribution is -2.47. The van der Waals surface area contributed by atoms with Crippen molar-refractivity contribution in [2.75, 3.05) is 45.6 Å². The molecule has 3 rings (SSSR count). The third-order valence-electron chi connectivity index (χ3n) is 4.05. The molecule has 1 aliphatic heterocycles. The number of anilines is 1. The summed E-state index contributed by atoms with van der Waals surface area (Å²) in [5.74, 6) is 1.85. The molecule has 24 heavy (non-hydrogen) atoms. The molecule has 5 heteroatoms. The Balaban J connectivity index is 1.90. The highest BCUT2D eigenvalue weighted by Crippen LogP contribution is 2.23. The predicted octanol–water partition coefficient (Wildman–Crippen LogP) is 2.83. The van der Waals surface area contributed by atoms with Crippen LogP contribution in [0.5, 0.6) is 5.75 Å². The van der Waals surface area contributed by atoms with Gasteiger partial charge < -0.3 is 14.4 Å². The van der Waals surface area contributed by atoms with Crippen LogP contribution in [0.3, 0.4) is 0 Å². The van der Waals surface area contributed by atoms with Gasteiger partial charge in [-0.2, -0.15) is 0 Å². The summed E-state index contributed by atoms with van der Waals surface area (Å²) in [4.78, 5) is 9.31. The minimum absolute atomic E-state index is 0.681. The molecule has 0 saturated carbocycles. The largest absolute Gasteiger partial charge is 0.497 e. The summed E-state index contributed by atoms with van der Waals surface area (Å²) in [6.07, 6.45) is 0. The fraction of sp³-hybridized carbons (Fsp3) is 0.316. The molecule has 5 nitrogen and oxygen atoms in total. The van der Waals surface area contributed by atoms with E-state index in [1.54, 1.807) is 14.2 Å². The summed E-state index contributed by atoms with van der Waals surface area (Å²) in [5, 5.41) is 0. The molecule has 0 saturated heterocycles. The number of nitrogens with zero attached hydrogens (tertiary/aromatic N) is 3. The SMILES string of the molecule is COCCN1CN=C(c2ccccc2)N(c2ccc(OC)cc2)C1. The maximum atomic E-state index is 5.27. The monoisotopic (exact) mass is 325 g/mol. The zero-order valence-electron chi connectivity index (χ0n) is 14.2. The van der Waals surface area contributed by atoms with Crippen molar-refractivity contribution in [2.45, 2.75) is 0 Å². The second kappa shape index (κ2) is 7.95. The molecular weight excluding hydrogens is 302 g/mol. The lowest BCUT2D eigenvalue weighted by atomic mass is 10.1.